The van der Waals surface area contributed by atoms with Crippen LogP contribution in [0.4, 0.5) is 0 Å². The molecule has 6 heteroatoms. The number of amides is 1. The predicted molar refractivity (Wildman–Crippen MR) is 52.2 cm³/mol. The standard InChI is InChI=1S/C8H19N3O3/c9-10-8(14)2-1-3-11(4-6-12)5-7-13/h12-13H,1-7,9H2,(H,10,14). The normalized spacial score (nSPS) is 10.6. The molecule has 84 valence electrons. The van der Waals surface area contributed by atoms with Gasteiger partial charge in [-0.2, -0.15) is 0 Å². The topological polar surface area (TPSA) is 98.8 Å². The first-order chi connectivity index (χ1) is 6.74. The van der Waals surface area contributed by atoms with Crippen LogP contribution in [0.1, 0.15) is 12.8 Å². The van der Waals surface area contributed by atoms with Crippen LogP contribution < -0.4 is 11.3 Å². The Hall–Kier alpha value is -0.690. The smallest absolute Gasteiger partial charge is 0.233 e. The summed E-state index contributed by atoms with van der Waals surface area (Å²) in [5.74, 6) is 4.72. The molecule has 0 saturated carbocycles. The number of aliphatic hydroxyl groups is 2. The van der Waals surface area contributed by atoms with Crippen molar-refractivity contribution < 1.29 is 15.0 Å². The highest BCUT2D eigenvalue weighted by Gasteiger charge is 2.04. The van der Waals surface area contributed by atoms with Crippen LogP contribution in [-0.2, 0) is 4.79 Å². The van der Waals surface area contributed by atoms with Gasteiger partial charge in [0, 0.05) is 19.5 Å². The van der Waals surface area contributed by atoms with Crippen molar-refractivity contribution in [2.24, 2.45) is 5.84 Å². The van der Waals surface area contributed by atoms with E-state index in [4.69, 9.17) is 16.1 Å². The molecule has 5 N–H and O–H groups in total. The van der Waals surface area contributed by atoms with Gasteiger partial charge in [-0.3, -0.25) is 15.1 Å². The van der Waals surface area contributed by atoms with Crippen LogP contribution in [0.3, 0.4) is 0 Å². The Morgan fingerprint density at radius 3 is 2.21 bits per heavy atom. The molecule has 0 rings (SSSR count). The van der Waals surface area contributed by atoms with Crippen molar-refractivity contribution in [1.82, 2.24) is 10.3 Å². The molecule has 0 aliphatic heterocycles. The molecule has 0 aliphatic rings. The average Bonchev–Trinajstić information content (AvgIpc) is 2.18. The van der Waals surface area contributed by atoms with Gasteiger partial charge in [-0.05, 0) is 13.0 Å². The Bertz CT molecular complexity index is 149. The minimum atomic E-state index is -0.196. The van der Waals surface area contributed by atoms with E-state index in [0.29, 0.717) is 32.5 Å². The molecule has 0 fully saturated rings. The first kappa shape index (κ1) is 13.3. The third-order valence-electron chi connectivity index (χ3n) is 1.87. The zero-order valence-electron chi connectivity index (χ0n) is 8.28. The Morgan fingerprint density at radius 1 is 1.21 bits per heavy atom. The van der Waals surface area contributed by atoms with Crippen molar-refractivity contribution in [3.63, 3.8) is 0 Å². The van der Waals surface area contributed by atoms with E-state index in [1.54, 1.807) is 0 Å². The number of aliphatic hydroxyl groups excluding tert-OH is 2. The van der Waals surface area contributed by atoms with Crippen molar-refractivity contribution >= 4 is 5.91 Å². The molecule has 0 bridgehead atoms. The van der Waals surface area contributed by atoms with E-state index in [1.165, 1.54) is 0 Å². The fourth-order valence-electron chi connectivity index (χ4n) is 1.15. The van der Waals surface area contributed by atoms with Gasteiger partial charge >= 0.3 is 0 Å². The molecule has 1 amide bonds. The van der Waals surface area contributed by atoms with Gasteiger partial charge in [-0.15, -0.1) is 0 Å². The van der Waals surface area contributed by atoms with Gasteiger partial charge in [-0.25, -0.2) is 5.84 Å². The van der Waals surface area contributed by atoms with Gasteiger partial charge in [0.15, 0.2) is 0 Å². The third kappa shape index (κ3) is 6.79. The molecule has 6 nitrogen and oxygen atoms in total. The second kappa shape index (κ2) is 8.89. The largest absolute Gasteiger partial charge is 0.395 e. The Labute approximate surface area is 83.7 Å². The summed E-state index contributed by atoms with van der Waals surface area (Å²) in [5, 5.41) is 17.4. The van der Waals surface area contributed by atoms with Crippen LogP contribution in [0.2, 0.25) is 0 Å². The second-order valence-corrected chi connectivity index (χ2v) is 2.96. The van der Waals surface area contributed by atoms with Gasteiger partial charge in [0.1, 0.15) is 0 Å². The molecule has 0 atom stereocenters. The van der Waals surface area contributed by atoms with E-state index < -0.39 is 0 Å². The van der Waals surface area contributed by atoms with E-state index in [2.05, 4.69) is 0 Å². The highest BCUT2D eigenvalue weighted by Crippen LogP contribution is 1.94. The molecule has 0 saturated heterocycles. The zero-order chi connectivity index (χ0) is 10.8. The number of rotatable bonds is 8. The lowest BCUT2D eigenvalue weighted by molar-refractivity contribution is -0.121. The number of nitrogens with zero attached hydrogens (tertiary/aromatic N) is 1. The highest BCUT2D eigenvalue weighted by molar-refractivity contribution is 5.75. The van der Waals surface area contributed by atoms with E-state index in [0.717, 1.165) is 0 Å². The van der Waals surface area contributed by atoms with Gasteiger partial charge < -0.3 is 10.2 Å². The van der Waals surface area contributed by atoms with E-state index in [9.17, 15) is 4.79 Å². The summed E-state index contributed by atoms with van der Waals surface area (Å²) < 4.78 is 0. The first-order valence-corrected chi connectivity index (χ1v) is 4.68. The van der Waals surface area contributed by atoms with Gasteiger partial charge in [-0.1, -0.05) is 0 Å². The maximum Gasteiger partial charge on any atom is 0.233 e. The van der Waals surface area contributed by atoms with Crippen molar-refractivity contribution in [3.05, 3.63) is 0 Å². The Balaban J connectivity index is 3.54. The van der Waals surface area contributed by atoms with Crippen LogP contribution in [0.25, 0.3) is 0 Å². The number of carbonyl (C=O) groups is 1. The van der Waals surface area contributed by atoms with Crippen LogP contribution in [0, 0.1) is 0 Å². The van der Waals surface area contributed by atoms with Crippen LogP contribution in [-0.4, -0.2) is 53.9 Å². The Kier molecular flexibility index (Phi) is 8.45. The number of nitrogens with two attached hydrogens (primary N) is 1. The van der Waals surface area contributed by atoms with Gasteiger partial charge in [0.05, 0.1) is 13.2 Å². The lowest BCUT2D eigenvalue weighted by atomic mass is 10.3. The summed E-state index contributed by atoms with van der Waals surface area (Å²) in [6.07, 6.45) is 1.03. The lowest BCUT2D eigenvalue weighted by Crippen LogP contribution is -2.33. The van der Waals surface area contributed by atoms with Crippen molar-refractivity contribution in [1.29, 1.82) is 0 Å². The summed E-state index contributed by atoms with van der Waals surface area (Å²) in [4.78, 5) is 12.6. The Morgan fingerprint density at radius 2 is 1.79 bits per heavy atom. The van der Waals surface area contributed by atoms with Gasteiger partial charge in [0.2, 0.25) is 5.91 Å². The lowest BCUT2D eigenvalue weighted by Gasteiger charge is -2.19. The molecule has 14 heavy (non-hydrogen) atoms. The molecule has 0 unspecified atom stereocenters. The van der Waals surface area contributed by atoms with Crippen molar-refractivity contribution in [2.75, 3.05) is 32.8 Å². The predicted octanol–water partition coefficient (Wildman–Crippen LogP) is -1.96. The maximum atomic E-state index is 10.8. The molecule has 0 aromatic heterocycles. The van der Waals surface area contributed by atoms with Crippen molar-refractivity contribution in [3.8, 4) is 0 Å². The number of nitrogens with one attached hydrogen (secondary N) is 1. The summed E-state index contributed by atoms with van der Waals surface area (Å²) >= 11 is 0. The second-order valence-electron chi connectivity index (χ2n) is 2.96. The number of hydrogen-bond acceptors (Lipinski definition) is 5. The van der Waals surface area contributed by atoms with Crippen molar-refractivity contribution in [2.45, 2.75) is 12.8 Å². The third-order valence-corrected chi connectivity index (χ3v) is 1.87. The number of carbonyl (C=O) groups excluding carboxylic acids is 1. The molecule has 0 aliphatic carbocycles. The van der Waals surface area contributed by atoms with E-state index >= 15 is 0 Å². The minimum absolute atomic E-state index is 0.0586. The maximum absolute atomic E-state index is 10.8. The van der Waals surface area contributed by atoms with E-state index in [-0.39, 0.29) is 19.1 Å². The summed E-state index contributed by atoms with van der Waals surface area (Å²) in [7, 11) is 0. The number of hydrogen-bond donors (Lipinski definition) is 4. The molecule has 0 spiro atoms. The van der Waals surface area contributed by atoms with Crippen LogP contribution in [0.5, 0.6) is 0 Å². The first-order valence-electron chi connectivity index (χ1n) is 4.68. The highest BCUT2D eigenvalue weighted by atomic mass is 16.3. The van der Waals surface area contributed by atoms with Crippen LogP contribution in [0.15, 0.2) is 0 Å². The molecule has 0 heterocycles. The van der Waals surface area contributed by atoms with Crippen LogP contribution >= 0.6 is 0 Å². The fraction of sp³-hybridized carbons (Fsp3) is 0.875. The summed E-state index contributed by atoms with van der Waals surface area (Å²) in [6, 6.07) is 0. The minimum Gasteiger partial charge on any atom is -0.395 e. The number of hydrazine groups is 1. The quantitative estimate of drug-likeness (QED) is 0.209. The molecule has 0 aromatic carbocycles. The molecular weight excluding hydrogens is 186 g/mol. The van der Waals surface area contributed by atoms with E-state index in [1.807, 2.05) is 10.3 Å². The average molecular weight is 205 g/mol. The fourth-order valence-corrected chi connectivity index (χ4v) is 1.15. The molecule has 0 radical (unpaired) electrons. The SMILES string of the molecule is NNC(=O)CCCN(CCO)CCO. The summed E-state index contributed by atoms with van der Waals surface area (Å²) in [6.45, 7) is 1.83. The molecular formula is C8H19N3O3. The zero-order valence-corrected chi connectivity index (χ0v) is 8.28. The van der Waals surface area contributed by atoms with Gasteiger partial charge in [0.25, 0.3) is 0 Å². The molecule has 0 aromatic rings. The summed E-state index contributed by atoms with van der Waals surface area (Å²) in [5.41, 5.74) is 2.05. The monoisotopic (exact) mass is 205 g/mol.